The first-order valence-corrected chi connectivity index (χ1v) is 6.20. The largest absolute Gasteiger partial charge is 0.397 e. The summed E-state index contributed by atoms with van der Waals surface area (Å²) in [4.78, 5) is 24.3. The van der Waals surface area contributed by atoms with E-state index in [0.29, 0.717) is 31.6 Å². The molecule has 1 fully saturated rings. The standard InChI is InChI=1S/C13H18N4O2/c14-10-3-1-2-4-11(10)17-7-5-13(9-18,6-8-17)16-12(15)19/h1-4,9H,5-8,14H2,(H3,15,16,19). The summed E-state index contributed by atoms with van der Waals surface area (Å²) in [6.07, 6.45) is 1.82. The minimum atomic E-state index is -0.841. The molecule has 1 aromatic rings. The second kappa shape index (κ2) is 5.17. The lowest BCUT2D eigenvalue weighted by Gasteiger charge is -2.39. The highest BCUT2D eigenvalue weighted by molar-refractivity contribution is 5.79. The molecule has 0 bridgehead atoms. The van der Waals surface area contributed by atoms with Crippen LogP contribution in [0.3, 0.4) is 0 Å². The molecule has 0 aliphatic carbocycles. The van der Waals surface area contributed by atoms with Crippen molar-refractivity contribution in [1.82, 2.24) is 5.32 Å². The average Bonchev–Trinajstić information content (AvgIpc) is 2.40. The Morgan fingerprint density at radius 2 is 1.95 bits per heavy atom. The van der Waals surface area contributed by atoms with Gasteiger partial charge < -0.3 is 26.5 Å². The first-order chi connectivity index (χ1) is 9.06. The fourth-order valence-electron chi connectivity index (χ4n) is 2.44. The number of piperidine rings is 1. The van der Waals surface area contributed by atoms with E-state index in [1.54, 1.807) is 0 Å². The van der Waals surface area contributed by atoms with Gasteiger partial charge in [-0.3, -0.25) is 0 Å². The molecule has 19 heavy (non-hydrogen) atoms. The summed E-state index contributed by atoms with van der Waals surface area (Å²) < 4.78 is 0. The summed E-state index contributed by atoms with van der Waals surface area (Å²) in [6, 6.07) is 6.94. The molecule has 6 heteroatoms. The lowest BCUT2D eigenvalue weighted by atomic mass is 9.89. The molecule has 102 valence electrons. The van der Waals surface area contributed by atoms with Crippen molar-refractivity contribution in [2.75, 3.05) is 23.7 Å². The van der Waals surface area contributed by atoms with Gasteiger partial charge in [0.25, 0.3) is 0 Å². The molecule has 0 saturated carbocycles. The molecule has 2 rings (SSSR count). The monoisotopic (exact) mass is 262 g/mol. The molecule has 2 amide bonds. The number of anilines is 2. The van der Waals surface area contributed by atoms with Gasteiger partial charge >= 0.3 is 6.03 Å². The number of rotatable bonds is 3. The molecule has 1 aliphatic rings. The summed E-state index contributed by atoms with van der Waals surface area (Å²) in [5, 5.41) is 2.54. The topological polar surface area (TPSA) is 101 Å². The zero-order chi connectivity index (χ0) is 13.9. The number of nitrogens with two attached hydrogens (primary N) is 2. The molecule has 0 spiro atoms. The number of nitrogens with zero attached hydrogens (tertiary/aromatic N) is 1. The van der Waals surface area contributed by atoms with Crippen LogP contribution in [0.1, 0.15) is 12.8 Å². The molecule has 1 saturated heterocycles. The van der Waals surface area contributed by atoms with Crippen LogP contribution in [0.5, 0.6) is 0 Å². The molecule has 0 radical (unpaired) electrons. The summed E-state index contributed by atoms with van der Waals surface area (Å²) in [6.45, 7) is 1.29. The quantitative estimate of drug-likeness (QED) is 0.544. The number of hydrogen-bond donors (Lipinski definition) is 3. The van der Waals surface area contributed by atoms with Crippen LogP contribution in [0, 0.1) is 0 Å². The van der Waals surface area contributed by atoms with Gasteiger partial charge in [-0.1, -0.05) is 12.1 Å². The number of carbonyl (C=O) groups excluding carboxylic acids is 2. The Labute approximate surface area is 111 Å². The third kappa shape index (κ3) is 2.78. The maximum Gasteiger partial charge on any atom is 0.312 e. The lowest BCUT2D eigenvalue weighted by molar-refractivity contribution is -0.113. The molecule has 0 unspecified atom stereocenters. The SMILES string of the molecule is NC(=O)NC1(C=O)CCN(c2ccccc2N)CC1. The Morgan fingerprint density at radius 3 is 2.47 bits per heavy atom. The van der Waals surface area contributed by atoms with Crippen LogP contribution in [-0.4, -0.2) is 30.9 Å². The van der Waals surface area contributed by atoms with E-state index in [9.17, 15) is 9.59 Å². The summed E-state index contributed by atoms with van der Waals surface area (Å²) in [5.41, 5.74) is 11.9. The maximum atomic E-state index is 11.2. The van der Waals surface area contributed by atoms with Crippen LogP contribution < -0.4 is 21.7 Å². The van der Waals surface area contributed by atoms with Gasteiger partial charge in [0.1, 0.15) is 11.8 Å². The Hall–Kier alpha value is -2.24. The summed E-state index contributed by atoms with van der Waals surface area (Å²) in [5.74, 6) is 0. The van der Waals surface area contributed by atoms with Gasteiger partial charge in [0.05, 0.1) is 11.4 Å². The number of hydrogen-bond acceptors (Lipinski definition) is 4. The van der Waals surface area contributed by atoms with E-state index in [4.69, 9.17) is 11.5 Å². The Balaban J connectivity index is 2.08. The number of amides is 2. The van der Waals surface area contributed by atoms with Gasteiger partial charge in [-0.25, -0.2) is 4.79 Å². The molecule has 1 aliphatic heterocycles. The van der Waals surface area contributed by atoms with Gasteiger partial charge in [0, 0.05) is 13.1 Å². The summed E-state index contributed by atoms with van der Waals surface area (Å²) >= 11 is 0. The molecule has 1 heterocycles. The zero-order valence-electron chi connectivity index (χ0n) is 10.6. The minimum Gasteiger partial charge on any atom is -0.397 e. The molecule has 0 aromatic heterocycles. The second-order valence-corrected chi connectivity index (χ2v) is 4.81. The van der Waals surface area contributed by atoms with Crippen molar-refractivity contribution in [1.29, 1.82) is 0 Å². The average molecular weight is 262 g/mol. The highest BCUT2D eigenvalue weighted by Gasteiger charge is 2.35. The summed E-state index contributed by atoms with van der Waals surface area (Å²) in [7, 11) is 0. The van der Waals surface area contributed by atoms with Crippen molar-refractivity contribution in [3.05, 3.63) is 24.3 Å². The molecular formula is C13H18N4O2. The highest BCUT2D eigenvalue weighted by atomic mass is 16.2. The van der Waals surface area contributed by atoms with E-state index < -0.39 is 11.6 Å². The number of nitrogen functional groups attached to an aromatic ring is 1. The third-order valence-electron chi connectivity index (χ3n) is 3.53. The van der Waals surface area contributed by atoms with Crippen molar-refractivity contribution >= 4 is 23.7 Å². The fraction of sp³-hybridized carbons (Fsp3) is 0.385. The maximum absolute atomic E-state index is 11.2. The Kier molecular flexibility index (Phi) is 3.59. The zero-order valence-corrected chi connectivity index (χ0v) is 10.6. The lowest BCUT2D eigenvalue weighted by Crippen LogP contribution is -2.57. The number of benzene rings is 1. The number of primary amides is 1. The first-order valence-electron chi connectivity index (χ1n) is 6.20. The van der Waals surface area contributed by atoms with Crippen LogP contribution >= 0.6 is 0 Å². The predicted octanol–water partition coefficient (Wildman–Crippen LogP) is 0.475. The van der Waals surface area contributed by atoms with E-state index in [0.717, 1.165) is 12.0 Å². The van der Waals surface area contributed by atoms with Crippen molar-refractivity contribution in [2.24, 2.45) is 5.73 Å². The second-order valence-electron chi connectivity index (χ2n) is 4.81. The van der Waals surface area contributed by atoms with Crippen LogP contribution in [0.2, 0.25) is 0 Å². The Bertz CT molecular complexity index is 481. The van der Waals surface area contributed by atoms with Gasteiger partial charge in [-0.05, 0) is 25.0 Å². The van der Waals surface area contributed by atoms with Crippen LogP contribution in [0.4, 0.5) is 16.2 Å². The van der Waals surface area contributed by atoms with Crippen molar-refractivity contribution in [3.8, 4) is 0 Å². The highest BCUT2D eigenvalue weighted by Crippen LogP contribution is 2.28. The molecule has 1 aromatic carbocycles. The van der Waals surface area contributed by atoms with E-state index in [-0.39, 0.29) is 0 Å². The number of para-hydroxylation sites is 2. The van der Waals surface area contributed by atoms with E-state index in [2.05, 4.69) is 10.2 Å². The van der Waals surface area contributed by atoms with Gasteiger partial charge in [-0.2, -0.15) is 0 Å². The molecule has 5 N–H and O–H groups in total. The van der Waals surface area contributed by atoms with Gasteiger partial charge in [0.2, 0.25) is 0 Å². The predicted molar refractivity (Wildman–Crippen MR) is 73.8 cm³/mol. The van der Waals surface area contributed by atoms with Gasteiger partial charge in [-0.15, -0.1) is 0 Å². The number of carbonyl (C=O) groups is 2. The third-order valence-corrected chi connectivity index (χ3v) is 3.53. The Morgan fingerprint density at radius 1 is 1.32 bits per heavy atom. The number of urea groups is 1. The fourth-order valence-corrected chi connectivity index (χ4v) is 2.44. The first kappa shape index (κ1) is 13.2. The molecular weight excluding hydrogens is 244 g/mol. The van der Waals surface area contributed by atoms with E-state index in [1.165, 1.54) is 0 Å². The van der Waals surface area contributed by atoms with Crippen LogP contribution in [0.15, 0.2) is 24.3 Å². The van der Waals surface area contributed by atoms with E-state index in [1.807, 2.05) is 24.3 Å². The van der Waals surface area contributed by atoms with Crippen molar-refractivity contribution in [3.63, 3.8) is 0 Å². The normalized spacial score (nSPS) is 17.8. The number of nitrogens with one attached hydrogen (secondary N) is 1. The van der Waals surface area contributed by atoms with Crippen LogP contribution in [0.25, 0.3) is 0 Å². The number of aldehydes is 1. The molecule has 6 nitrogen and oxygen atoms in total. The van der Waals surface area contributed by atoms with Crippen LogP contribution in [-0.2, 0) is 4.79 Å². The smallest absolute Gasteiger partial charge is 0.312 e. The van der Waals surface area contributed by atoms with Crippen molar-refractivity contribution in [2.45, 2.75) is 18.4 Å². The molecule has 0 atom stereocenters. The van der Waals surface area contributed by atoms with E-state index >= 15 is 0 Å². The minimum absolute atomic E-state index is 0.522. The van der Waals surface area contributed by atoms with Gasteiger partial charge in [0.15, 0.2) is 0 Å². The van der Waals surface area contributed by atoms with Crippen molar-refractivity contribution < 1.29 is 9.59 Å².